The summed E-state index contributed by atoms with van der Waals surface area (Å²) in [5.41, 5.74) is 4.00. The molecule has 0 unspecified atom stereocenters. The van der Waals surface area contributed by atoms with Gasteiger partial charge in [0.1, 0.15) is 5.82 Å². The number of likely N-dealkylation sites (N-methyl/N-ethyl adjacent to an activating group) is 2. The van der Waals surface area contributed by atoms with E-state index < -0.39 is 0 Å². The summed E-state index contributed by atoms with van der Waals surface area (Å²) in [6.45, 7) is 9.17. The van der Waals surface area contributed by atoms with Crippen molar-refractivity contribution in [2.45, 2.75) is 33.2 Å². The maximum absolute atomic E-state index is 15.1. The molecule has 0 bridgehead atoms. The van der Waals surface area contributed by atoms with Crippen molar-refractivity contribution in [3.63, 3.8) is 0 Å². The van der Waals surface area contributed by atoms with Gasteiger partial charge in [0.05, 0.1) is 16.1 Å². The number of nitrogens with zero attached hydrogens (tertiary/aromatic N) is 3. The molecule has 0 atom stereocenters. The van der Waals surface area contributed by atoms with E-state index in [1.807, 2.05) is 36.4 Å². The van der Waals surface area contributed by atoms with Crippen LogP contribution in [0.1, 0.15) is 38.8 Å². The fraction of sp³-hybridized carbons (Fsp3) is 0.280. The number of amides is 1. The van der Waals surface area contributed by atoms with Gasteiger partial charge in [0, 0.05) is 30.4 Å². The Labute approximate surface area is 187 Å². The number of carbonyl (C=O) groups is 1. The molecule has 1 amide bonds. The molecule has 0 N–H and O–H groups in total. The van der Waals surface area contributed by atoms with Crippen LogP contribution >= 0.6 is 11.8 Å². The van der Waals surface area contributed by atoms with E-state index in [9.17, 15) is 4.79 Å². The number of para-hydroxylation sites is 1. The molecule has 160 valence electrons. The van der Waals surface area contributed by atoms with E-state index in [0.717, 1.165) is 29.1 Å². The Morgan fingerprint density at radius 2 is 1.90 bits per heavy atom. The highest BCUT2D eigenvalue weighted by Crippen LogP contribution is 2.41. The number of halogens is 1. The quantitative estimate of drug-likeness (QED) is 0.548. The number of amidine groups is 1. The number of hydrogen-bond donors (Lipinski definition) is 0. The Morgan fingerprint density at radius 1 is 1.19 bits per heavy atom. The zero-order valence-corrected chi connectivity index (χ0v) is 19.3. The van der Waals surface area contributed by atoms with E-state index in [0.29, 0.717) is 15.6 Å². The van der Waals surface area contributed by atoms with E-state index in [2.05, 4.69) is 43.7 Å². The Hall–Kier alpha value is -2.86. The normalized spacial score (nSPS) is 20.5. The van der Waals surface area contributed by atoms with Crippen molar-refractivity contribution in [1.82, 2.24) is 4.90 Å². The van der Waals surface area contributed by atoms with Gasteiger partial charge in [0.25, 0.3) is 5.91 Å². The number of aliphatic imine (C=N–C) groups is 1. The third kappa shape index (κ3) is 3.92. The smallest absolute Gasteiger partial charge is 0.266 e. The first kappa shape index (κ1) is 21.4. The molecule has 0 spiro atoms. The summed E-state index contributed by atoms with van der Waals surface area (Å²) in [4.78, 5) is 21.5. The molecule has 2 aliphatic heterocycles. The van der Waals surface area contributed by atoms with Crippen LogP contribution in [0.15, 0.2) is 58.4 Å². The predicted octanol–water partition coefficient (Wildman–Crippen LogP) is 6.08. The van der Waals surface area contributed by atoms with Crippen molar-refractivity contribution in [3.8, 4) is 0 Å². The third-order valence-electron chi connectivity index (χ3n) is 5.68. The maximum Gasteiger partial charge on any atom is 0.266 e. The van der Waals surface area contributed by atoms with Crippen LogP contribution in [0.3, 0.4) is 0 Å². The van der Waals surface area contributed by atoms with Crippen molar-refractivity contribution in [1.29, 1.82) is 0 Å². The van der Waals surface area contributed by atoms with E-state index in [1.54, 1.807) is 19.2 Å². The van der Waals surface area contributed by atoms with Crippen LogP contribution in [0.2, 0.25) is 0 Å². The van der Waals surface area contributed by atoms with Gasteiger partial charge in [0.15, 0.2) is 5.17 Å². The van der Waals surface area contributed by atoms with Gasteiger partial charge < -0.3 is 4.90 Å². The van der Waals surface area contributed by atoms with E-state index in [1.165, 1.54) is 16.7 Å². The molecule has 0 aliphatic carbocycles. The largest absolute Gasteiger partial charge is 0.363 e. The van der Waals surface area contributed by atoms with Crippen molar-refractivity contribution < 1.29 is 9.18 Å². The van der Waals surface area contributed by atoms with Gasteiger partial charge in [-0.05, 0) is 75.4 Å². The van der Waals surface area contributed by atoms with Crippen LogP contribution in [0.5, 0.6) is 0 Å². The van der Waals surface area contributed by atoms with Crippen LogP contribution in [0, 0.1) is 5.82 Å². The van der Waals surface area contributed by atoms with Crippen LogP contribution in [0.4, 0.5) is 15.8 Å². The fourth-order valence-electron chi connectivity index (χ4n) is 4.21. The van der Waals surface area contributed by atoms with Gasteiger partial charge in [-0.2, -0.15) is 0 Å². The van der Waals surface area contributed by atoms with E-state index in [-0.39, 0.29) is 17.3 Å². The minimum Gasteiger partial charge on any atom is -0.363 e. The molecule has 0 saturated carbocycles. The van der Waals surface area contributed by atoms with Gasteiger partial charge >= 0.3 is 0 Å². The Morgan fingerprint density at radius 3 is 2.58 bits per heavy atom. The lowest BCUT2D eigenvalue weighted by Crippen LogP contribution is -2.45. The van der Waals surface area contributed by atoms with E-state index in [4.69, 9.17) is 0 Å². The molecule has 1 fully saturated rings. The highest BCUT2D eigenvalue weighted by molar-refractivity contribution is 8.18. The predicted molar refractivity (Wildman–Crippen MR) is 129 cm³/mol. The zero-order chi connectivity index (χ0) is 22.3. The fourth-order valence-corrected chi connectivity index (χ4v) is 5.19. The second-order valence-electron chi connectivity index (χ2n) is 8.32. The van der Waals surface area contributed by atoms with Crippen LogP contribution in [-0.2, 0) is 4.79 Å². The molecule has 4 rings (SSSR count). The van der Waals surface area contributed by atoms with Crippen molar-refractivity contribution in [3.05, 3.63) is 70.4 Å². The SMILES string of the molecule is CCN1c2cc(F)c(/C=C3/SC(=Nc4ccccc4)N(C)C3=O)cc2C(C)=CC1(C)C. The van der Waals surface area contributed by atoms with Crippen LogP contribution in [-0.4, -0.2) is 35.1 Å². The summed E-state index contributed by atoms with van der Waals surface area (Å²) < 4.78 is 15.1. The number of carbonyl (C=O) groups excluding carboxylic acids is 1. The summed E-state index contributed by atoms with van der Waals surface area (Å²) in [6, 6.07) is 12.9. The van der Waals surface area contributed by atoms with Gasteiger partial charge in [-0.1, -0.05) is 24.3 Å². The number of benzene rings is 2. The third-order valence-corrected chi connectivity index (χ3v) is 6.74. The number of allylic oxidation sites excluding steroid dienone is 1. The molecule has 1 saturated heterocycles. The molecule has 0 aromatic heterocycles. The zero-order valence-electron chi connectivity index (χ0n) is 18.4. The molecule has 31 heavy (non-hydrogen) atoms. The molecule has 2 aromatic rings. The summed E-state index contributed by atoms with van der Waals surface area (Å²) in [7, 11) is 1.69. The van der Waals surface area contributed by atoms with Gasteiger partial charge in [0.2, 0.25) is 0 Å². The van der Waals surface area contributed by atoms with Crippen LogP contribution < -0.4 is 4.90 Å². The lowest BCUT2D eigenvalue weighted by molar-refractivity contribution is -0.121. The number of anilines is 1. The summed E-state index contributed by atoms with van der Waals surface area (Å²) >= 11 is 1.26. The summed E-state index contributed by atoms with van der Waals surface area (Å²) in [6.07, 6.45) is 3.84. The molecule has 2 heterocycles. The van der Waals surface area contributed by atoms with E-state index >= 15 is 4.39 Å². The lowest BCUT2D eigenvalue weighted by atomic mass is 9.88. The van der Waals surface area contributed by atoms with Crippen LogP contribution in [0.25, 0.3) is 11.6 Å². The Balaban J connectivity index is 1.72. The number of fused-ring (bicyclic) bond motifs is 1. The number of thioether (sulfide) groups is 1. The molecular weight excluding hydrogens is 409 g/mol. The van der Waals surface area contributed by atoms with Gasteiger partial charge in [-0.15, -0.1) is 0 Å². The first-order chi connectivity index (χ1) is 14.7. The monoisotopic (exact) mass is 435 g/mol. The Bertz CT molecular complexity index is 1130. The van der Waals surface area contributed by atoms with Crippen molar-refractivity contribution in [2.24, 2.45) is 4.99 Å². The van der Waals surface area contributed by atoms with Crippen molar-refractivity contribution >= 4 is 45.9 Å². The highest BCUT2D eigenvalue weighted by Gasteiger charge is 2.33. The number of rotatable bonds is 3. The molecular formula is C25H26FN3OS. The molecule has 2 aromatic carbocycles. The Kier molecular flexibility index (Phi) is 5.52. The topological polar surface area (TPSA) is 35.9 Å². The second-order valence-corrected chi connectivity index (χ2v) is 9.33. The van der Waals surface area contributed by atoms with Gasteiger partial charge in [-0.25, -0.2) is 9.38 Å². The first-order valence-electron chi connectivity index (χ1n) is 10.3. The average molecular weight is 436 g/mol. The summed E-state index contributed by atoms with van der Waals surface area (Å²) in [5, 5.41) is 0.579. The van der Waals surface area contributed by atoms with Gasteiger partial charge in [-0.3, -0.25) is 9.69 Å². The highest BCUT2D eigenvalue weighted by atomic mass is 32.2. The molecule has 6 heteroatoms. The molecule has 2 aliphatic rings. The maximum atomic E-state index is 15.1. The first-order valence-corrected chi connectivity index (χ1v) is 11.2. The summed E-state index contributed by atoms with van der Waals surface area (Å²) in [5.74, 6) is -0.514. The number of hydrogen-bond acceptors (Lipinski definition) is 4. The minimum absolute atomic E-state index is 0.180. The average Bonchev–Trinajstić information content (AvgIpc) is 2.97. The minimum atomic E-state index is -0.334. The van der Waals surface area contributed by atoms with Crippen molar-refractivity contribution in [2.75, 3.05) is 18.5 Å². The standard InChI is InChI=1S/C25H26FN3OS/c1-6-29-21-14-20(26)17(12-19(21)16(2)15-25(29,3)4)13-22-23(30)28(5)24(31-22)27-18-10-8-7-9-11-18/h7-15H,6H2,1-5H3/b22-13+,27-24?. The molecule has 4 nitrogen and oxygen atoms in total. The second kappa shape index (κ2) is 8.00. The molecule has 0 radical (unpaired) electrons. The lowest BCUT2D eigenvalue weighted by Gasteiger charge is -2.42.